The van der Waals surface area contributed by atoms with E-state index in [1.54, 1.807) is 12.2 Å². The normalized spacial score (nSPS) is 10.2. The van der Waals surface area contributed by atoms with E-state index < -0.39 is 17.8 Å². The van der Waals surface area contributed by atoms with Gasteiger partial charge in [0, 0.05) is 12.8 Å². The van der Waals surface area contributed by atoms with Gasteiger partial charge in [-0.25, -0.2) is 4.39 Å². The SMILES string of the molecule is C=CCC(CC=C)OC(=O)CCC(=O)Oc1c(F)cccc1Cl. The van der Waals surface area contributed by atoms with E-state index in [0.29, 0.717) is 12.8 Å². The average molecular weight is 341 g/mol. The van der Waals surface area contributed by atoms with E-state index in [4.69, 9.17) is 21.1 Å². The summed E-state index contributed by atoms with van der Waals surface area (Å²) in [6.45, 7) is 7.16. The number of para-hydroxylation sites is 1. The molecule has 0 aliphatic carbocycles. The maximum absolute atomic E-state index is 13.5. The van der Waals surface area contributed by atoms with Gasteiger partial charge >= 0.3 is 11.9 Å². The molecule has 0 saturated heterocycles. The van der Waals surface area contributed by atoms with Gasteiger partial charge in [-0.1, -0.05) is 29.8 Å². The highest BCUT2D eigenvalue weighted by Gasteiger charge is 2.17. The highest BCUT2D eigenvalue weighted by atomic mass is 35.5. The number of carbonyl (C=O) groups is 2. The minimum Gasteiger partial charge on any atom is -0.462 e. The van der Waals surface area contributed by atoms with Crippen LogP contribution in [0.2, 0.25) is 5.02 Å². The van der Waals surface area contributed by atoms with E-state index in [0.717, 1.165) is 6.07 Å². The molecule has 1 aromatic rings. The number of hydrogen-bond donors (Lipinski definition) is 0. The molecule has 0 heterocycles. The zero-order chi connectivity index (χ0) is 17.2. The number of ether oxygens (including phenoxy) is 2. The predicted molar refractivity (Wildman–Crippen MR) is 85.8 cm³/mol. The van der Waals surface area contributed by atoms with Crippen molar-refractivity contribution in [2.75, 3.05) is 0 Å². The van der Waals surface area contributed by atoms with Crippen LogP contribution < -0.4 is 4.74 Å². The Morgan fingerprint density at radius 2 is 1.78 bits per heavy atom. The zero-order valence-electron chi connectivity index (χ0n) is 12.6. The van der Waals surface area contributed by atoms with Gasteiger partial charge in [0.2, 0.25) is 0 Å². The Morgan fingerprint density at radius 1 is 1.17 bits per heavy atom. The van der Waals surface area contributed by atoms with Crippen LogP contribution in [0.25, 0.3) is 0 Å². The van der Waals surface area contributed by atoms with Gasteiger partial charge in [0.1, 0.15) is 6.10 Å². The van der Waals surface area contributed by atoms with Crippen molar-refractivity contribution in [3.05, 3.63) is 54.3 Å². The maximum Gasteiger partial charge on any atom is 0.311 e. The van der Waals surface area contributed by atoms with E-state index >= 15 is 0 Å². The van der Waals surface area contributed by atoms with Crippen LogP contribution in [0, 0.1) is 5.82 Å². The van der Waals surface area contributed by atoms with Crippen LogP contribution in [0.5, 0.6) is 5.75 Å². The smallest absolute Gasteiger partial charge is 0.311 e. The van der Waals surface area contributed by atoms with E-state index in [1.807, 2.05) is 0 Å². The third-order valence-electron chi connectivity index (χ3n) is 2.83. The Kier molecular flexibility index (Phi) is 8.05. The molecule has 0 spiro atoms. The molecule has 6 heteroatoms. The average Bonchev–Trinajstić information content (AvgIpc) is 2.49. The molecule has 0 radical (unpaired) electrons. The van der Waals surface area contributed by atoms with Crippen molar-refractivity contribution < 1.29 is 23.5 Å². The second-order valence-corrected chi connectivity index (χ2v) is 5.09. The Hall–Kier alpha value is -2.14. The molecule has 1 rings (SSSR count). The topological polar surface area (TPSA) is 52.6 Å². The van der Waals surface area contributed by atoms with E-state index in [2.05, 4.69) is 13.2 Å². The maximum atomic E-state index is 13.5. The van der Waals surface area contributed by atoms with Crippen molar-refractivity contribution in [1.82, 2.24) is 0 Å². The highest BCUT2D eigenvalue weighted by molar-refractivity contribution is 6.32. The first-order chi connectivity index (χ1) is 11.0. The van der Waals surface area contributed by atoms with E-state index in [1.165, 1.54) is 12.1 Å². The minimum atomic E-state index is -0.766. The second kappa shape index (κ2) is 9.79. The van der Waals surface area contributed by atoms with Gasteiger partial charge in [0.05, 0.1) is 17.9 Å². The van der Waals surface area contributed by atoms with Crippen LogP contribution in [0.1, 0.15) is 25.7 Å². The molecule has 1 aromatic carbocycles. The Morgan fingerprint density at radius 3 is 2.35 bits per heavy atom. The van der Waals surface area contributed by atoms with Gasteiger partial charge in [-0.2, -0.15) is 0 Å². The molecule has 23 heavy (non-hydrogen) atoms. The lowest BCUT2D eigenvalue weighted by atomic mass is 10.2. The Balaban J connectivity index is 2.47. The van der Waals surface area contributed by atoms with Crippen molar-refractivity contribution in [3.63, 3.8) is 0 Å². The quantitative estimate of drug-likeness (QED) is 0.383. The molecular formula is C17H18ClFO4. The minimum absolute atomic E-state index is 0.0158. The Bertz CT molecular complexity index is 556. The van der Waals surface area contributed by atoms with Crippen LogP contribution in [0.4, 0.5) is 4.39 Å². The van der Waals surface area contributed by atoms with E-state index in [9.17, 15) is 14.0 Å². The molecule has 0 unspecified atom stereocenters. The largest absolute Gasteiger partial charge is 0.462 e. The summed E-state index contributed by atoms with van der Waals surface area (Å²) in [5, 5.41) is -0.0158. The lowest BCUT2D eigenvalue weighted by Crippen LogP contribution is -2.19. The van der Waals surface area contributed by atoms with Gasteiger partial charge in [-0.3, -0.25) is 9.59 Å². The van der Waals surface area contributed by atoms with Crippen molar-refractivity contribution in [2.45, 2.75) is 31.8 Å². The van der Waals surface area contributed by atoms with Crippen LogP contribution in [0.3, 0.4) is 0 Å². The summed E-state index contributed by atoms with van der Waals surface area (Å²) in [4.78, 5) is 23.4. The summed E-state index contributed by atoms with van der Waals surface area (Å²) in [7, 11) is 0. The van der Waals surface area contributed by atoms with Crippen LogP contribution in [-0.4, -0.2) is 18.0 Å². The third kappa shape index (κ3) is 6.65. The lowest BCUT2D eigenvalue weighted by Gasteiger charge is -2.14. The number of halogens is 2. The summed E-state index contributed by atoms with van der Waals surface area (Å²) in [5.74, 6) is -2.40. The molecule has 0 aliphatic rings. The number of benzene rings is 1. The molecule has 0 atom stereocenters. The fraction of sp³-hybridized carbons (Fsp3) is 0.294. The first kappa shape index (κ1) is 18.9. The van der Waals surface area contributed by atoms with E-state index in [-0.39, 0.29) is 29.7 Å². The first-order valence-electron chi connectivity index (χ1n) is 7.03. The fourth-order valence-electron chi connectivity index (χ4n) is 1.76. The van der Waals surface area contributed by atoms with Crippen LogP contribution >= 0.6 is 11.6 Å². The van der Waals surface area contributed by atoms with Gasteiger partial charge in [0.25, 0.3) is 0 Å². The summed E-state index contributed by atoms with van der Waals surface area (Å²) < 4.78 is 23.5. The van der Waals surface area contributed by atoms with Crippen LogP contribution in [0.15, 0.2) is 43.5 Å². The molecule has 0 N–H and O–H groups in total. The van der Waals surface area contributed by atoms with Crippen molar-refractivity contribution in [3.8, 4) is 5.75 Å². The number of carbonyl (C=O) groups excluding carboxylic acids is 2. The zero-order valence-corrected chi connectivity index (χ0v) is 13.4. The Labute approximate surface area is 139 Å². The second-order valence-electron chi connectivity index (χ2n) is 4.69. The van der Waals surface area contributed by atoms with Crippen molar-refractivity contribution >= 4 is 23.5 Å². The number of hydrogen-bond acceptors (Lipinski definition) is 4. The molecule has 124 valence electrons. The monoisotopic (exact) mass is 340 g/mol. The highest BCUT2D eigenvalue weighted by Crippen LogP contribution is 2.27. The molecule has 0 aromatic heterocycles. The van der Waals surface area contributed by atoms with Gasteiger partial charge in [0.15, 0.2) is 11.6 Å². The molecule has 0 amide bonds. The molecule has 0 fully saturated rings. The summed E-state index contributed by atoms with van der Waals surface area (Å²) in [6.07, 6.45) is 3.49. The first-order valence-corrected chi connectivity index (χ1v) is 7.41. The molecule has 0 bridgehead atoms. The fourth-order valence-corrected chi connectivity index (χ4v) is 1.96. The number of rotatable bonds is 9. The number of esters is 2. The summed E-state index contributed by atoms with van der Waals surface area (Å²) >= 11 is 5.75. The lowest BCUT2D eigenvalue weighted by molar-refractivity contribution is -0.151. The third-order valence-corrected chi connectivity index (χ3v) is 3.12. The van der Waals surface area contributed by atoms with Crippen molar-refractivity contribution in [2.24, 2.45) is 0 Å². The summed E-state index contributed by atoms with van der Waals surface area (Å²) in [6, 6.07) is 3.92. The van der Waals surface area contributed by atoms with Crippen LogP contribution in [-0.2, 0) is 14.3 Å². The summed E-state index contributed by atoms with van der Waals surface area (Å²) in [5.41, 5.74) is 0. The standard InChI is InChI=1S/C17H18ClFO4/c1-3-6-12(7-4-2)22-15(20)10-11-16(21)23-17-13(18)8-5-9-14(17)19/h3-5,8-9,12H,1-2,6-7,10-11H2. The predicted octanol–water partition coefficient (Wildman–Crippen LogP) is 4.23. The molecule has 0 saturated carbocycles. The molecule has 0 aliphatic heterocycles. The van der Waals surface area contributed by atoms with Gasteiger partial charge < -0.3 is 9.47 Å². The van der Waals surface area contributed by atoms with Gasteiger partial charge in [-0.15, -0.1) is 13.2 Å². The molecular weight excluding hydrogens is 323 g/mol. The van der Waals surface area contributed by atoms with Crippen molar-refractivity contribution in [1.29, 1.82) is 0 Å². The van der Waals surface area contributed by atoms with Gasteiger partial charge in [-0.05, 0) is 12.1 Å². The molecule has 4 nitrogen and oxygen atoms in total.